The Bertz CT molecular complexity index is 1530. The van der Waals surface area contributed by atoms with Gasteiger partial charge in [0.1, 0.15) is 23.4 Å². The maximum atomic E-state index is 14.3. The van der Waals surface area contributed by atoms with Gasteiger partial charge in [-0.2, -0.15) is 0 Å². The molecule has 0 spiro atoms. The average Bonchev–Trinajstić information content (AvgIpc) is 3.21. The quantitative estimate of drug-likeness (QED) is 0.239. The summed E-state index contributed by atoms with van der Waals surface area (Å²) in [4.78, 5) is 79.0. The molecular weight excluding hydrogens is 652 g/mol. The van der Waals surface area contributed by atoms with Crippen LogP contribution in [0, 0.1) is 23.2 Å². The number of aliphatic hydroxyl groups excluding tert-OH is 1. The fourth-order valence-electron chi connectivity index (χ4n) is 6.67. The predicted molar refractivity (Wildman–Crippen MR) is 177 cm³/mol. The SMILES string of the molecule is C=C1[C@@H](OC(=O)C(C)C)[C@H]2[C@@H](O)[C@](C)(OC(C)=O)C[C@]2(O)C(=O)[C@@H](C)/C=C/C(C)(C)[C@H](OC(C)=O)[C@H](OC(C)=O)[C@H]1OC(=O)c1ccccc1. The molecule has 1 fully saturated rings. The molecule has 0 heterocycles. The van der Waals surface area contributed by atoms with Gasteiger partial charge in [-0.15, -0.1) is 0 Å². The lowest BCUT2D eigenvalue weighted by atomic mass is 9.72. The molecule has 0 aliphatic heterocycles. The zero-order valence-electron chi connectivity index (χ0n) is 30.0. The molecule has 13 nitrogen and oxygen atoms in total. The van der Waals surface area contributed by atoms with E-state index >= 15 is 0 Å². The van der Waals surface area contributed by atoms with Crippen LogP contribution in [0.5, 0.6) is 0 Å². The normalized spacial score (nSPS) is 33.2. The molecule has 13 heteroatoms. The number of ether oxygens (including phenoxy) is 5. The number of rotatable bonds is 7. The van der Waals surface area contributed by atoms with E-state index in [0.717, 1.165) is 20.8 Å². The van der Waals surface area contributed by atoms with Gasteiger partial charge in [-0.3, -0.25) is 24.0 Å². The monoisotopic (exact) mass is 700 g/mol. The second kappa shape index (κ2) is 15.3. The molecule has 0 aromatic heterocycles. The van der Waals surface area contributed by atoms with E-state index in [1.165, 1.54) is 52.0 Å². The molecule has 0 unspecified atom stereocenters. The van der Waals surface area contributed by atoms with E-state index in [9.17, 15) is 39.0 Å². The second-order valence-electron chi connectivity index (χ2n) is 14.2. The summed E-state index contributed by atoms with van der Waals surface area (Å²) in [7, 11) is 0. The van der Waals surface area contributed by atoms with Crippen molar-refractivity contribution in [3.8, 4) is 0 Å². The van der Waals surface area contributed by atoms with Gasteiger partial charge in [-0.05, 0) is 19.1 Å². The molecular formula is C37H48O13. The van der Waals surface area contributed by atoms with Crippen molar-refractivity contribution in [1.82, 2.24) is 0 Å². The average molecular weight is 701 g/mol. The first-order valence-corrected chi connectivity index (χ1v) is 16.4. The third-order valence-electron chi connectivity index (χ3n) is 9.11. The zero-order chi connectivity index (χ0) is 37.9. The van der Waals surface area contributed by atoms with Gasteiger partial charge in [0.15, 0.2) is 24.1 Å². The topological polar surface area (TPSA) is 189 Å². The Kier molecular flexibility index (Phi) is 12.2. The Labute approximate surface area is 291 Å². The van der Waals surface area contributed by atoms with Crippen molar-refractivity contribution in [2.24, 2.45) is 23.2 Å². The van der Waals surface area contributed by atoms with E-state index in [-0.39, 0.29) is 11.1 Å². The highest BCUT2D eigenvalue weighted by Crippen LogP contribution is 2.51. The number of aliphatic hydroxyl groups is 2. The maximum Gasteiger partial charge on any atom is 0.338 e. The highest BCUT2D eigenvalue weighted by Gasteiger charge is 2.68. The number of ketones is 1. The molecule has 2 N–H and O–H groups in total. The van der Waals surface area contributed by atoms with Crippen LogP contribution in [0.1, 0.15) is 79.1 Å². The number of carbonyl (C=O) groups excluding carboxylic acids is 6. The Hall–Kier alpha value is -4.36. The summed E-state index contributed by atoms with van der Waals surface area (Å²) in [6, 6.07) is 7.74. The summed E-state index contributed by atoms with van der Waals surface area (Å²) < 4.78 is 29.0. The van der Waals surface area contributed by atoms with E-state index in [1.54, 1.807) is 32.0 Å². The molecule has 1 aromatic carbocycles. The lowest BCUT2D eigenvalue weighted by Crippen LogP contribution is -2.58. The second-order valence-corrected chi connectivity index (χ2v) is 14.2. The summed E-state index contributed by atoms with van der Waals surface area (Å²) in [5.41, 5.74) is -5.93. The number of carbonyl (C=O) groups is 6. The minimum atomic E-state index is -2.53. The molecule has 1 aromatic rings. The Morgan fingerprint density at radius 3 is 1.98 bits per heavy atom. The van der Waals surface area contributed by atoms with Gasteiger partial charge in [0.05, 0.1) is 17.4 Å². The van der Waals surface area contributed by atoms with Gasteiger partial charge in [0, 0.05) is 44.1 Å². The summed E-state index contributed by atoms with van der Waals surface area (Å²) in [5.74, 6) is -8.71. The molecule has 9 atom stereocenters. The molecule has 1 saturated carbocycles. The third kappa shape index (κ3) is 8.50. The van der Waals surface area contributed by atoms with Crippen LogP contribution in [0.25, 0.3) is 0 Å². The van der Waals surface area contributed by atoms with Crippen molar-refractivity contribution in [2.45, 2.75) is 110 Å². The van der Waals surface area contributed by atoms with Gasteiger partial charge in [-0.25, -0.2) is 4.79 Å². The largest absolute Gasteiger partial charge is 0.458 e. The van der Waals surface area contributed by atoms with E-state index in [1.807, 2.05) is 0 Å². The maximum absolute atomic E-state index is 14.3. The van der Waals surface area contributed by atoms with Crippen LogP contribution in [0.15, 0.2) is 54.6 Å². The minimum absolute atomic E-state index is 0.0655. The molecule has 0 bridgehead atoms. The van der Waals surface area contributed by atoms with Crippen LogP contribution >= 0.6 is 0 Å². The highest BCUT2D eigenvalue weighted by atomic mass is 16.6. The van der Waals surface area contributed by atoms with Crippen molar-refractivity contribution >= 4 is 35.6 Å². The lowest BCUT2D eigenvalue weighted by Gasteiger charge is -2.43. The van der Waals surface area contributed by atoms with E-state index in [2.05, 4.69) is 6.58 Å². The molecule has 0 radical (unpaired) electrons. The third-order valence-corrected chi connectivity index (χ3v) is 9.11. The van der Waals surface area contributed by atoms with Gasteiger partial charge in [0.2, 0.25) is 0 Å². The number of benzene rings is 1. The van der Waals surface area contributed by atoms with Crippen LogP contribution in [-0.4, -0.2) is 87.6 Å². The van der Waals surface area contributed by atoms with Crippen LogP contribution in [0.3, 0.4) is 0 Å². The van der Waals surface area contributed by atoms with Crippen LogP contribution < -0.4 is 0 Å². The summed E-state index contributed by atoms with van der Waals surface area (Å²) in [6.07, 6.45) is -6.19. The number of allylic oxidation sites excluding steroid dienone is 1. The van der Waals surface area contributed by atoms with E-state index in [4.69, 9.17) is 23.7 Å². The van der Waals surface area contributed by atoms with Crippen LogP contribution in [-0.2, 0) is 47.7 Å². The first-order valence-electron chi connectivity index (χ1n) is 16.4. The summed E-state index contributed by atoms with van der Waals surface area (Å²) in [5, 5.41) is 24.3. The molecule has 274 valence electrons. The molecule has 50 heavy (non-hydrogen) atoms. The highest BCUT2D eigenvalue weighted by molar-refractivity contribution is 5.92. The Morgan fingerprint density at radius 2 is 1.46 bits per heavy atom. The fraction of sp³-hybridized carbons (Fsp3) is 0.568. The smallest absolute Gasteiger partial charge is 0.338 e. The number of hydrogen-bond acceptors (Lipinski definition) is 13. The first kappa shape index (κ1) is 40.1. The summed E-state index contributed by atoms with van der Waals surface area (Å²) in [6.45, 7) is 16.5. The summed E-state index contributed by atoms with van der Waals surface area (Å²) >= 11 is 0. The number of hydrogen-bond donors (Lipinski definition) is 2. The number of esters is 5. The molecule has 0 amide bonds. The van der Waals surface area contributed by atoms with E-state index < -0.39 is 107 Å². The zero-order valence-corrected chi connectivity index (χ0v) is 30.0. The molecule has 2 aliphatic rings. The molecule has 0 saturated heterocycles. The number of Topliss-reactive ketones (excluding diaryl/α,β-unsaturated/α-hetero) is 1. The molecule has 2 aliphatic carbocycles. The van der Waals surface area contributed by atoms with Crippen molar-refractivity contribution in [1.29, 1.82) is 0 Å². The number of fused-ring (bicyclic) bond motifs is 1. The standard InChI is InChI=1S/C37H48O13/c1-19(2)33(43)48-27-21(4)28(49-34(44)25-14-12-11-13-15-25)29(46-22(5)38)32(47-23(6)39)35(8,9)17-16-20(3)30(41)37(45)18-36(10,50-24(7)40)31(42)26(27)37/h11-17,19-20,26-29,31-32,42,45H,4,18H2,1-3,5-10H3/b17-16+/t20-,26-,27+,28-,29+,31+,32+,36+,37+/m0/s1. The van der Waals surface area contributed by atoms with Gasteiger partial charge < -0.3 is 33.9 Å². The lowest BCUT2D eigenvalue weighted by molar-refractivity contribution is -0.186. The Balaban J connectivity index is 2.47. The van der Waals surface area contributed by atoms with Crippen LogP contribution in [0.2, 0.25) is 0 Å². The van der Waals surface area contributed by atoms with Gasteiger partial charge >= 0.3 is 29.8 Å². The van der Waals surface area contributed by atoms with Crippen molar-refractivity contribution in [2.75, 3.05) is 0 Å². The van der Waals surface area contributed by atoms with Crippen molar-refractivity contribution in [3.63, 3.8) is 0 Å². The van der Waals surface area contributed by atoms with Crippen LogP contribution in [0.4, 0.5) is 0 Å². The Morgan fingerprint density at radius 1 is 0.880 bits per heavy atom. The predicted octanol–water partition coefficient (Wildman–Crippen LogP) is 3.43. The van der Waals surface area contributed by atoms with Crippen molar-refractivity contribution < 1.29 is 62.7 Å². The molecule has 3 rings (SSSR count). The van der Waals surface area contributed by atoms with Gasteiger partial charge in [0.25, 0.3) is 0 Å². The van der Waals surface area contributed by atoms with E-state index in [0.29, 0.717) is 0 Å². The first-order chi connectivity index (χ1) is 23.1. The fourth-order valence-corrected chi connectivity index (χ4v) is 6.67. The minimum Gasteiger partial charge on any atom is -0.458 e. The van der Waals surface area contributed by atoms with Crippen molar-refractivity contribution in [3.05, 3.63) is 60.2 Å². The van der Waals surface area contributed by atoms with Gasteiger partial charge in [-0.1, -0.05) is 71.5 Å².